The number of nitrogens with zero attached hydrogens (tertiary/aromatic N) is 2. The van der Waals surface area contributed by atoms with E-state index in [4.69, 9.17) is 0 Å². The van der Waals surface area contributed by atoms with Gasteiger partial charge in [0, 0.05) is 0 Å². The number of hydrogen-bond donors (Lipinski definition) is 0. The highest BCUT2D eigenvalue weighted by molar-refractivity contribution is 6.18. The molecule has 3 aromatic carbocycles. The van der Waals surface area contributed by atoms with Crippen molar-refractivity contribution in [3.8, 4) is 0 Å². The predicted octanol–water partition coefficient (Wildman–Crippen LogP) is 5.74. The number of hydrazone groups is 1. The number of para-hydroxylation sites is 1. The van der Waals surface area contributed by atoms with E-state index < -0.39 is 5.41 Å². The lowest BCUT2D eigenvalue weighted by molar-refractivity contribution is -0.123. The highest BCUT2D eigenvalue weighted by atomic mass is 16.2. The molecule has 29 heavy (non-hydrogen) atoms. The maximum absolute atomic E-state index is 13.7. The van der Waals surface area contributed by atoms with E-state index in [0.29, 0.717) is 12.8 Å². The lowest BCUT2D eigenvalue weighted by Crippen LogP contribution is -2.40. The smallest absolute Gasteiger partial charge is 0.260 e. The van der Waals surface area contributed by atoms with Gasteiger partial charge in [-0.2, -0.15) is 10.1 Å². The molecule has 0 N–H and O–H groups in total. The Bertz CT molecular complexity index is 1030. The van der Waals surface area contributed by atoms with Gasteiger partial charge in [0.25, 0.3) is 5.91 Å². The first-order chi connectivity index (χ1) is 14.2. The third kappa shape index (κ3) is 3.90. The summed E-state index contributed by atoms with van der Waals surface area (Å²) in [5, 5.41) is 6.25. The number of carbonyl (C=O) groups is 1. The largest absolute Gasteiger partial charge is 0.271 e. The Kier molecular flexibility index (Phi) is 5.39. The zero-order valence-electron chi connectivity index (χ0n) is 16.5. The normalized spacial score (nSPS) is 19.0. The molecule has 3 heteroatoms. The van der Waals surface area contributed by atoms with Crippen molar-refractivity contribution in [2.75, 3.05) is 5.01 Å². The topological polar surface area (TPSA) is 32.7 Å². The van der Waals surface area contributed by atoms with E-state index in [1.165, 1.54) is 0 Å². The molecule has 0 spiro atoms. The third-order valence-electron chi connectivity index (χ3n) is 5.47. The van der Waals surface area contributed by atoms with E-state index in [-0.39, 0.29) is 5.91 Å². The molecule has 3 nitrogen and oxygen atoms in total. The van der Waals surface area contributed by atoms with Crippen LogP contribution in [0.5, 0.6) is 0 Å². The molecule has 0 saturated carbocycles. The van der Waals surface area contributed by atoms with Crippen LogP contribution in [0.4, 0.5) is 5.69 Å². The number of anilines is 1. The second kappa shape index (κ2) is 8.27. The molecule has 1 unspecified atom stereocenters. The first kappa shape index (κ1) is 18.9. The molecule has 1 aliphatic heterocycles. The Hall–Kier alpha value is -3.46. The summed E-state index contributed by atoms with van der Waals surface area (Å²) in [6, 6.07) is 30.0. The molecule has 3 aromatic rings. The first-order valence-electron chi connectivity index (χ1n) is 9.90. The second-order valence-electron chi connectivity index (χ2n) is 7.40. The number of rotatable bonds is 6. The average Bonchev–Trinajstić information content (AvgIpc) is 3.01. The fraction of sp³-hybridized carbons (Fsp3) is 0.154. The molecule has 4 rings (SSSR count). The number of carbonyl (C=O) groups excluding carboxylic acids is 1. The standard InChI is InChI=1S/C26H24N2O/c1-21-26(20-23-14-7-3-8-15-23,19-11-16-22-12-5-2-6-13-22)25(29)28(27-21)24-17-9-4-10-18-24/h2-18H,19-20H2,1H3/b16-11+. The summed E-state index contributed by atoms with van der Waals surface area (Å²) in [7, 11) is 0. The number of allylic oxidation sites excluding steroid dienone is 1. The summed E-state index contributed by atoms with van der Waals surface area (Å²) >= 11 is 0. The molecule has 1 atom stereocenters. The lowest BCUT2D eigenvalue weighted by atomic mass is 9.74. The minimum atomic E-state index is -0.678. The van der Waals surface area contributed by atoms with Gasteiger partial charge in [-0.1, -0.05) is 91.0 Å². The van der Waals surface area contributed by atoms with Crippen LogP contribution >= 0.6 is 0 Å². The van der Waals surface area contributed by atoms with Gasteiger partial charge < -0.3 is 0 Å². The molecule has 0 fully saturated rings. The Labute approximate surface area is 172 Å². The molecule has 0 aliphatic carbocycles. The molecule has 1 aliphatic rings. The first-order valence-corrected chi connectivity index (χ1v) is 9.90. The summed E-state index contributed by atoms with van der Waals surface area (Å²) in [6.07, 6.45) is 5.42. The van der Waals surface area contributed by atoms with Crippen LogP contribution in [-0.2, 0) is 11.2 Å². The van der Waals surface area contributed by atoms with Crippen LogP contribution in [0, 0.1) is 5.41 Å². The fourth-order valence-electron chi connectivity index (χ4n) is 3.81. The van der Waals surface area contributed by atoms with Gasteiger partial charge in [-0.3, -0.25) is 4.79 Å². The Morgan fingerprint density at radius 3 is 2.10 bits per heavy atom. The van der Waals surface area contributed by atoms with E-state index in [1.807, 2.05) is 73.7 Å². The molecule has 1 amide bonds. The summed E-state index contributed by atoms with van der Waals surface area (Å²) in [4.78, 5) is 13.7. The van der Waals surface area contributed by atoms with E-state index in [1.54, 1.807) is 5.01 Å². The summed E-state index contributed by atoms with van der Waals surface area (Å²) in [6.45, 7) is 1.97. The number of hydrogen-bond acceptors (Lipinski definition) is 2. The highest BCUT2D eigenvalue weighted by Crippen LogP contribution is 2.39. The quantitative estimate of drug-likeness (QED) is 0.536. The van der Waals surface area contributed by atoms with Gasteiger partial charge in [0.2, 0.25) is 0 Å². The van der Waals surface area contributed by atoms with Crippen molar-refractivity contribution in [2.45, 2.75) is 19.8 Å². The monoisotopic (exact) mass is 380 g/mol. The van der Waals surface area contributed by atoms with Crippen LogP contribution in [0.2, 0.25) is 0 Å². The van der Waals surface area contributed by atoms with Crippen molar-refractivity contribution in [3.63, 3.8) is 0 Å². The number of benzene rings is 3. The van der Waals surface area contributed by atoms with Crippen LogP contribution in [0.15, 0.2) is 102 Å². The maximum atomic E-state index is 13.7. The Morgan fingerprint density at radius 2 is 1.45 bits per heavy atom. The zero-order chi connectivity index (χ0) is 20.1. The van der Waals surface area contributed by atoms with Crippen molar-refractivity contribution < 1.29 is 4.79 Å². The molecule has 0 radical (unpaired) electrons. The molecule has 0 saturated heterocycles. The van der Waals surface area contributed by atoms with E-state index in [9.17, 15) is 4.79 Å². The SMILES string of the molecule is CC1=NN(c2ccccc2)C(=O)C1(C/C=C/c1ccccc1)Cc1ccccc1. The van der Waals surface area contributed by atoms with Crippen LogP contribution in [0.1, 0.15) is 24.5 Å². The minimum Gasteiger partial charge on any atom is -0.271 e. The van der Waals surface area contributed by atoms with Crippen molar-refractivity contribution in [3.05, 3.63) is 108 Å². The van der Waals surface area contributed by atoms with Crippen molar-refractivity contribution >= 4 is 23.4 Å². The molecule has 1 heterocycles. The maximum Gasteiger partial charge on any atom is 0.260 e. The van der Waals surface area contributed by atoms with E-state index in [0.717, 1.165) is 22.5 Å². The van der Waals surface area contributed by atoms with Gasteiger partial charge in [-0.05, 0) is 43.0 Å². The fourth-order valence-corrected chi connectivity index (χ4v) is 3.81. The minimum absolute atomic E-state index is 0.0303. The summed E-state index contributed by atoms with van der Waals surface area (Å²) in [5.41, 5.74) is 3.25. The number of amides is 1. The van der Waals surface area contributed by atoms with Crippen LogP contribution in [0.25, 0.3) is 6.08 Å². The summed E-state index contributed by atoms with van der Waals surface area (Å²) in [5.74, 6) is 0.0303. The van der Waals surface area contributed by atoms with Crippen molar-refractivity contribution in [2.24, 2.45) is 10.5 Å². The van der Waals surface area contributed by atoms with Crippen molar-refractivity contribution in [1.29, 1.82) is 0 Å². The van der Waals surface area contributed by atoms with Gasteiger partial charge in [0.15, 0.2) is 0 Å². The summed E-state index contributed by atoms with van der Waals surface area (Å²) < 4.78 is 0. The molecular weight excluding hydrogens is 356 g/mol. The van der Waals surface area contributed by atoms with Gasteiger partial charge in [-0.25, -0.2) is 0 Å². The van der Waals surface area contributed by atoms with E-state index >= 15 is 0 Å². The Morgan fingerprint density at radius 1 is 0.862 bits per heavy atom. The molecule has 0 aromatic heterocycles. The highest BCUT2D eigenvalue weighted by Gasteiger charge is 2.48. The van der Waals surface area contributed by atoms with Gasteiger partial charge in [-0.15, -0.1) is 0 Å². The third-order valence-corrected chi connectivity index (χ3v) is 5.47. The average molecular weight is 380 g/mol. The van der Waals surface area contributed by atoms with Gasteiger partial charge in [0.05, 0.1) is 16.8 Å². The van der Waals surface area contributed by atoms with Gasteiger partial charge >= 0.3 is 0 Å². The second-order valence-corrected chi connectivity index (χ2v) is 7.40. The van der Waals surface area contributed by atoms with Gasteiger partial charge in [0.1, 0.15) is 0 Å². The molecule has 0 bridgehead atoms. The predicted molar refractivity (Wildman–Crippen MR) is 120 cm³/mol. The van der Waals surface area contributed by atoms with Crippen LogP contribution in [0.3, 0.4) is 0 Å². The van der Waals surface area contributed by atoms with Crippen LogP contribution < -0.4 is 5.01 Å². The van der Waals surface area contributed by atoms with Crippen molar-refractivity contribution in [1.82, 2.24) is 0 Å². The van der Waals surface area contributed by atoms with Crippen LogP contribution in [-0.4, -0.2) is 11.6 Å². The Balaban J connectivity index is 1.68. The van der Waals surface area contributed by atoms with E-state index in [2.05, 4.69) is 41.5 Å². The lowest BCUT2D eigenvalue weighted by Gasteiger charge is -2.27. The molecular formula is C26H24N2O. The zero-order valence-corrected chi connectivity index (χ0v) is 16.5. The molecule has 144 valence electrons.